The van der Waals surface area contributed by atoms with Crippen LogP contribution in [0.1, 0.15) is 60.6 Å². The number of imidazole rings is 1. The first-order valence-electron chi connectivity index (χ1n) is 31.4. The third-order valence-electron chi connectivity index (χ3n) is 17.3. The number of aliphatic carboxylic acids is 1. The van der Waals surface area contributed by atoms with E-state index in [9.17, 15) is 48.9 Å². The van der Waals surface area contributed by atoms with E-state index < -0.39 is 139 Å². The number of aromatic amines is 5. The maximum Gasteiger partial charge on any atom is 0.328 e. The number of H-pyrrole nitrogens is 5. The molecule has 0 aliphatic carbocycles. The van der Waals surface area contributed by atoms with Gasteiger partial charge in [0.25, 0.3) is 0 Å². The zero-order valence-corrected chi connectivity index (χ0v) is 52.2. The van der Waals surface area contributed by atoms with E-state index in [-0.39, 0.29) is 45.1 Å². The molecule has 29 heteroatoms. The predicted octanol–water partition coefficient (Wildman–Crippen LogP) is 0.283. The number of aliphatic hydroxyl groups excluding tert-OH is 2. The van der Waals surface area contributed by atoms with Crippen LogP contribution in [0.4, 0.5) is 0 Å². The van der Waals surface area contributed by atoms with Crippen LogP contribution in [0.25, 0.3) is 43.6 Å². The standard InChI is InChI=1S/C67H76N16O13/c1-35(85)58(82-59(87)45(68)23-36-28-71-46-15-6-2-11-41(36)46)65(93)79-53(26-39-31-74-49-18-9-5-14-44(39)49)61(89)76-50(20-21-57(69)86)60(88)77-51(24-37-29-72-47-16-7-3-12-42(37)47)62(90)80-54(27-40-32-70-34-75-40)66(94)83-22-10-19-56(83)64(92)78-52(63(91)81-55(33-84)67(95)96)25-38-30-73-48-17-8-4-13-43(38)48/h2-9,11-18,28-32,34-35,45,50-56,58,71-74,84-85H,10,19-27,33,68H2,1H3,(H2,69,86)(H,70,75)(H,76,89)(H,77,88)(H,78,92)(H,79,93)(H,80,90)(H,81,91)(H,82,87)(H,95,96)/t35-,45+,50+,51+,52+,53+,54+,55+,56+,58+/m1/s1. The number of aromatic nitrogens is 6. The van der Waals surface area contributed by atoms with Gasteiger partial charge in [-0.25, -0.2) is 9.78 Å². The van der Waals surface area contributed by atoms with E-state index >= 15 is 14.4 Å². The largest absolute Gasteiger partial charge is 0.480 e. The van der Waals surface area contributed by atoms with E-state index in [0.717, 1.165) is 27.4 Å². The van der Waals surface area contributed by atoms with Crippen molar-refractivity contribution in [1.82, 2.24) is 72.0 Å². The summed E-state index contributed by atoms with van der Waals surface area (Å²) < 4.78 is 0. The fourth-order valence-electron chi connectivity index (χ4n) is 12.2. The number of nitrogens with zero attached hydrogens (tertiary/aromatic N) is 2. The van der Waals surface area contributed by atoms with Crippen LogP contribution in [0.3, 0.4) is 0 Å². The Bertz CT molecular complexity index is 4310. The maximum atomic E-state index is 15.2. The number of aliphatic hydroxyl groups is 2. The first kappa shape index (κ1) is 67.7. The fraction of sp³-hybridized carbons (Fsp3) is 0.328. The van der Waals surface area contributed by atoms with Gasteiger partial charge in [0.15, 0.2) is 0 Å². The van der Waals surface area contributed by atoms with Crippen molar-refractivity contribution in [2.75, 3.05) is 13.2 Å². The number of hydrogen-bond donors (Lipinski definition) is 17. The molecule has 1 aliphatic heterocycles. The molecule has 10 rings (SSSR count). The van der Waals surface area contributed by atoms with Gasteiger partial charge in [-0.3, -0.25) is 43.2 Å². The molecule has 1 aliphatic rings. The molecule has 0 spiro atoms. The smallest absolute Gasteiger partial charge is 0.328 e. The van der Waals surface area contributed by atoms with Crippen LogP contribution in [0.15, 0.2) is 134 Å². The molecule has 1 saturated heterocycles. The number of benzene rings is 4. The summed E-state index contributed by atoms with van der Waals surface area (Å²) in [7, 11) is 0. The molecule has 29 nitrogen and oxygen atoms in total. The fourth-order valence-corrected chi connectivity index (χ4v) is 12.2. The Morgan fingerprint density at radius 1 is 0.542 bits per heavy atom. The van der Waals surface area contributed by atoms with Gasteiger partial charge in [0.2, 0.25) is 53.2 Å². The lowest BCUT2D eigenvalue weighted by molar-refractivity contribution is -0.144. The highest BCUT2D eigenvalue weighted by molar-refractivity contribution is 6.00. The summed E-state index contributed by atoms with van der Waals surface area (Å²) in [6, 6.07) is 15.5. The molecule has 19 N–H and O–H groups in total. The number of nitrogens with one attached hydrogen (secondary N) is 12. The van der Waals surface area contributed by atoms with Gasteiger partial charge in [0.05, 0.1) is 25.1 Å². The summed E-state index contributed by atoms with van der Waals surface area (Å²) in [4.78, 5) is 162. The summed E-state index contributed by atoms with van der Waals surface area (Å²) in [5.74, 6) is -9.43. The SMILES string of the molecule is C[C@@H](O)[C@H](NC(=O)[C@@H](N)Cc1c[nH]c2ccccc12)C(=O)N[C@@H](Cc1c[nH]c2ccccc12)C(=O)N[C@@H](CCC(N)=O)C(=O)N[C@@H](Cc1c[nH]c2ccccc12)C(=O)N[C@@H](Cc1cnc[nH]1)C(=O)N1CCC[C@H]1C(=O)N[C@@H](Cc1c[nH]c2ccccc12)C(=O)N[C@@H](CO)C(=O)O. The van der Waals surface area contributed by atoms with E-state index in [2.05, 4.69) is 67.1 Å². The zero-order chi connectivity index (χ0) is 68.2. The first-order valence-corrected chi connectivity index (χ1v) is 31.4. The number of carboxylic acid groups (broad SMARTS) is 1. The van der Waals surface area contributed by atoms with Crippen LogP contribution < -0.4 is 48.7 Å². The summed E-state index contributed by atoms with van der Waals surface area (Å²) in [6.07, 6.45) is 6.71. The number of para-hydroxylation sites is 4. The van der Waals surface area contributed by atoms with E-state index in [0.29, 0.717) is 50.6 Å². The van der Waals surface area contributed by atoms with Crippen LogP contribution in [-0.2, 0) is 80.0 Å². The van der Waals surface area contributed by atoms with Crippen LogP contribution >= 0.6 is 0 Å². The lowest BCUT2D eigenvalue weighted by Crippen LogP contribution is -2.62. The molecule has 6 heterocycles. The van der Waals surface area contributed by atoms with Crippen molar-refractivity contribution in [3.05, 3.63) is 162 Å². The summed E-state index contributed by atoms with van der Waals surface area (Å²) in [5, 5.41) is 51.9. The van der Waals surface area contributed by atoms with Gasteiger partial charge in [-0.15, -0.1) is 0 Å². The van der Waals surface area contributed by atoms with E-state index in [1.165, 1.54) is 24.3 Å². The monoisotopic (exact) mass is 1310 g/mol. The molecule has 10 atom stereocenters. The Labute approximate surface area is 548 Å². The van der Waals surface area contributed by atoms with Gasteiger partial charge in [0, 0.05) is 119 Å². The average molecular weight is 1310 g/mol. The minimum absolute atomic E-state index is 0.0185. The number of carboxylic acids is 1. The summed E-state index contributed by atoms with van der Waals surface area (Å²) in [6.45, 7) is 0.343. The molecule has 4 aromatic carbocycles. The number of primary amides is 1. The third-order valence-corrected chi connectivity index (χ3v) is 17.3. The van der Waals surface area contributed by atoms with Gasteiger partial charge in [-0.05, 0) is 79.1 Å². The Hall–Kier alpha value is -11.2. The van der Waals surface area contributed by atoms with Crippen molar-refractivity contribution in [2.45, 2.75) is 125 Å². The Morgan fingerprint density at radius 3 is 1.42 bits per heavy atom. The molecule has 0 bridgehead atoms. The lowest BCUT2D eigenvalue weighted by atomic mass is 10.0. The quantitative estimate of drug-likeness (QED) is 0.0278. The minimum atomic E-state index is -1.71. The number of carbonyl (C=O) groups excluding carboxylic acids is 9. The molecule has 0 unspecified atom stereocenters. The van der Waals surface area contributed by atoms with Crippen LogP contribution in [0.5, 0.6) is 0 Å². The molecule has 9 amide bonds. The number of nitrogens with two attached hydrogens (primary N) is 2. The Kier molecular flexibility index (Phi) is 21.7. The predicted molar refractivity (Wildman–Crippen MR) is 351 cm³/mol. The molecule has 0 radical (unpaired) electrons. The first-order chi connectivity index (χ1) is 46.2. The number of likely N-dealkylation sites (tertiary alicyclic amines) is 1. The van der Waals surface area contributed by atoms with Gasteiger partial charge < -0.3 is 93.8 Å². The van der Waals surface area contributed by atoms with Crippen LogP contribution in [-0.4, -0.2) is 183 Å². The topological polar surface area (TPSA) is 463 Å². The van der Waals surface area contributed by atoms with Crippen molar-refractivity contribution in [3.8, 4) is 0 Å². The lowest BCUT2D eigenvalue weighted by Gasteiger charge is -2.31. The Balaban J connectivity index is 0.903. The van der Waals surface area contributed by atoms with Gasteiger partial charge in [-0.1, -0.05) is 72.8 Å². The van der Waals surface area contributed by atoms with Crippen LogP contribution in [0.2, 0.25) is 0 Å². The second-order valence-electron chi connectivity index (χ2n) is 24.0. The van der Waals surface area contributed by atoms with Gasteiger partial charge >= 0.3 is 5.97 Å². The minimum Gasteiger partial charge on any atom is -0.480 e. The second-order valence-corrected chi connectivity index (χ2v) is 24.0. The van der Waals surface area contributed by atoms with Crippen LogP contribution in [0, 0.1) is 0 Å². The van der Waals surface area contributed by atoms with Crippen molar-refractivity contribution in [1.29, 1.82) is 0 Å². The maximum absolute atomic E-state index is 15.2. The number of amides is 9. The number of rotatable bonds is 31. The number of carbonyl (C=O) groups is 10. The van der Waals surface area contributed by atoms with Crippen molar-refractivity contribution < 1.29 is 63.3 Å². The molecular formula is C67H76N16O13. The normalized spacial score (nSPS) is 15.9. The zero-order valence-electron chi connectivity index (χ0n) is 52.2. The van der Waals surface area contributed by atoms with E-state index in [4.69, 9.17) is 11.5 Å². The van der Waals surface area contributed by atoms with Gasteiger partial charge in [0.1, 0.15) is 48.3 Å². The molecule has 9 aromatic rings. The van der Waals surface area contributed by atoms with Gasteiger partial charge in [-0.2, -0.15) is 0 Å². The molecule has 1 fully saturated rings. The third kappa shape index (κ3) is 16.2. The highest BCUT2D eigenvalue weighted by atomic mass is 16.4. The highest BCUT2D eigenvalue weighted by Gasteiger charge is 2.41. The number of fused-ring (bicyclic) bond motifs is 4. The molecule has 96 heavy (non-hydrogen) atoms. The van der Waals surface area contributed by atoms with E-state index in [1.807, 2.05) is 30.3 Å². The number of hydrogen-bond acceptors (Lipinski definition) is 14. The molecule has 502 valence electrons. The summed E-state index contributed by atoms with van der Waals surface area (Å²) >= 11 is 0. The average Bonchev–Trinajstić information content (AvgIpc) is 1.42. The van der Waals surface area contributed by atoms with Crippen molar-refractivity contribution in [3.63, 3.8) is 0 Å². The van der Waals surface area contributed by atoms with E-state index in [1.54, 1.807) is 91.5 Å². The van der Waals surface area contributed by atoms with Crippen molar-refractivity contribution in [2.24, 2.45) is 11.5 Å². The van der Waals surface area contributed by atoms with Crippen molar-refractivity contribution >= 4 is 103 Å². The molecule has 0 saturated carbocycles. The molecular weight excluding hydrogens is 1240 g/mol. The second kappa shape index (κ2) is 30.7. The Morgan fingerprint density at radius 2 is 0.969 bits per heavy atom. The molecule has 5 aromatic heterocycles. The summed E-state index contributed by atoms with van der Waals surface area (Å²) in [5.41, 5.74) is 17.8. The highest BCUT2D eigenvalue weighted by Crippen LogP contribution is 2.26.